The van der Waals surface area contributed by atoms with Gasteiger partial charge in [-0.15, -0.1) is 11.3 Å². The van der Waals surface area contributed by atoms with Gasteiger partial charge in [0.1, 0.15) is 4.88 Å². The summed E-state index contributed by atoms with van der Waals surface area (Å²) in [6.07, 6.45) is 4.17. The number of hydrogen-bond donors (Lipinski definition) is 1. The molecule has 5 rings (SSSR count). The Balaban J connectivity index is 1.44. The van der Waals surface area contributed by atoms with E-state index in [1.807, 2.05) is 31.3 Å². The van der Waals surface area contributed by atoms with Gasteiger partial charge in [-0.3, -0.25) is 4.79 Å². The topological polar surface area (TPSA) is 44.8 Å². The van der Waals surface area contributed by atoms with Gasteiger partial charge in [-0.25, -0.2) is 0 Å². The number of thiophene rings is 1. The number of carbonyl (C=O) groups excluding carboxylic acids is 1. The van der Waals surface area contributed by atoms with Crippen molar-refractivity contribution in [1.29, 1.82) is 0 Å². The van der Waals surface area contributed by atoms with Crippen molar-refractivity contribution in [3.8, 4) is 0 Å². The summed E-state index contributed by atoms with van der Waals surface area (Å²) >= 11 is 8.25. The van der Waals surface area contributed by atoms with E-state index in [0.29, 0.717) is 22.5 Å². The zero-order valence-electron chi connectivity index (χ0n) is 19.6. The third kappa shape index (κ3) is 4.96. The monoisotopic (exact) mass is 497 g/mol. The van der Waals surface area contributed by atoms with Gasteiger partial charge in [0.2, 0.25) is 0 Å². The highest BCUT2D eigenvalue weighted by Crippen LogP contribution is 2.37. The third-order valence-corrected chi connectivity index (χ3v) is 8.84. The molecule has 3 aromatic rings. The summed E-state index contributed by atoms with van der Waals surface area (Å²) in [6.45, 7) is 3.91. The average Bonchev–Trinajstić information content (AvgIpc) is 3.24. The molecule has 0 spiro atoms. The Kier molecular flexibility index (Phi) is 7.40. The fourth-order valence-electron chi connectivity index (χ4n) is 5.19. The van der Waals surface area contributed by atoms with Crippen molar-refractivity contribution in [2.24, 2.45) is 0 Å². The minimum Gasteiger partial charge on any atom is -0.378 e. The molecule has 2 heterocycles. The van der Waals surface area contributed by atoms with Gasteiger partial charge < -0.3 is 19.9 Å². The maximum atomic E-state index is 14.0. The molecule has 0 radical (unpaired) electrons. The lowest BCUT2D eigenvalue weighted by molar-refractivity contribution is 0.0606. The number of amides is 1. The summed E-state index contributed by atoms with van der Waals surface area (Å²) in [5.74, 6) is 0.0517. The lowest BCUT2D eigenvalue weighted by atomic mass is 9.90. The van der Waals surface area contributed by atoms with Gasteiger partial charge in [0.15, 0.2) is 0 Å². The number of ether oxygens (including phenoxy) is 1. The Morgan fingerprint density at radius 3 is 2.62 bits per heavy atom. The number of nitrogens with one attached hydrogen (secondary N) is 1. The smallest absolute Gasteiger partial charge is 0.266 e. The SMILES string of the molecule is CNC1CCC(N(Cc2cccc(N3CCOCC3)c2)C(=O)c2sc3ccccc3c2Cl)CC1. The summed E-state index contributed by atoms with van der Waals surface area (Å²) in [4.78, 5) is 19.1. The molecule has 2 aromatic carbocycles. The molecule has 34 heavy (non-hydrogen) atoms. The first-order valence-corrected chi connectivity index (χ1v) is 13.4. The molecule has 5 nitrogen and oxygen atoms in total. The zero-order chi connectivity index (χ0) is 23.5. The standard InChI is InChI=1S/C27H32ClN3O2S/c1-29-20-9-11-21(12-10-20)31(27(32)26-25(28)23-7-2-3-8-24(23)34-26)18-19-5-4-6-22(17-19)30-13-15-33-16-14-30/h2-8,17,20-21,29H,9-16,18H2,1H3. The van der Waals surface area contributed by atoms with Crippen LogP contribution in [0.15, 0.2) is 48.5 Å². The molecule has 2 fully saturated rings. The number of morpholine rings is 1. The Bertz CT molecular complexity index is 1140. The van der Waals surface area contributed by atoms with Crippen LogP contribution in [-0.2, 0) is 11.3 Å². The van der Waals surface area contributed by atoms with Crippen molar-refractivity contribution in [3.05, 3.63) is 64.0 Å². The van der Waals surface area contributed by atoms with Crippen LogP contribution in [0.5, 0.6) is 0 Å². The first-order chi connectivity index (χ1) is 16.6. The normalized spacial score (nSPS) is 21.1. The van der Waals surface area contributed by atoms with Crippen molar-refractivity contribution in [2.75, 3.05) is 38.3 Å². The second-order valence-corrected chi connectivity index (χ2v) is 10.7. The Labute approximate surface area is 210 Å². The van der Waals surface area contributed by atoms with E-state index in [1.54, 1.807) is 0 Å². The van der Waals surface area contributed by atoms with Gasteiger partial charge in [0.25, 0.3) is 5.91 Å². The molecule has 1 aliphatic heterocycles. The summed E-state index contributed by atoms with van der Waals surface area (Å²) in [6, 6.07) is 17.4. The van der Waals surface area contributed by atoms with Crippen molar-refractivity contribution in [3.63, 3.8) is 0 Å². The second-order valence-electron chi connectivity index (χ2n) is 9.24. The first kappa shape index (κ1) is 23.6. The van der Waals surface area contributed by atoms with E-state index in [0.717, 1.165) is 67.6 Å². The maximum Gasteiger partial charge on any atom is 0.266 e. The molecule has 0 atom stereocenters. The summed E-state index contributed by atoms with van der Waals surface area (Å²) < 4.78 is 6.58. The number of nitrogens with zero attached hydrogens (tertiary/aromatic N) is 2. The Morgan fingerprint density at radius 1 is 1.12 bits per heavy atom. The van der Waals surface area contributed by atoms with Crippen LogP contribution in [0, 0.1) is 0 Å². The van der Waals surface area contributed by atoms with Gasteiger partial charge in [0.05, 0.1) is 18.2 Å². The van der Waals surface area contributed by atoms with Crippen molar-refractivity contribution in [1.82, 2.24) is 10.2 Å². The lowest BCUT2D eigenvalue weighted by Gasteiger charge is -2.37. The fourth-order valence-corrected chi connectivity index (χ4v) is 6.66. The van der Waals surface area contributed by atoms with E-state index in [-0.39, 0.29) is 11.9 Å². The summed E-state index contributed by atoms with van der Waals surface area (Å²) in [7, 11) is 2.03. The summed E-state index contributed by atoms with van der Waals surface area (Å²) in [5, 5.41) is 4.95. The molecule has 0 unspecified atom stereocenters. The number of anilines is 1. The number of rotatable bonds is 6. The first-order valence-electron chi connectivity index (χ1n) is 12.2. The molecule has 1 saturated carbocycles. The van der Waals surface area contributed by atoms with Gasteiger partial charge in [-0.2, -0.15) is 0 Å². The van der Waals surface area contributed by atoms with E-state index >= 15 is 0 Å². The summed E-state index contributed by atoms with van der Waals surface area (Å²) in [5.41, 5.74) is 2.36. The minimum atomic E-state index is 0.0517. The van der Waals surface area contributed by atoms with Crippen LogP contribution in [0.3, 0.4) is 0 Å². The van der Waals surface area contributed by atoms with E-state index in [9.17, 15) is 4.79 Å². The van der Waals surface area contributed by atoms with Gasteiger partial charge in [-0.1, -0.05) is 41.9 Å². The van der Waals surface area contributed by atoms with Crippen molar-refractivity contribution >= 4 is 44.6 Å². The number of benzene rings is 2. The molecule has 7 heteroatoms. The van der Waals surface area contributed by atoms with Crippen LogP contribution in [0.2, 0.25) is 5.02 Å². The van der Waals surface area contributed by atoms with Crippen LogP contribution in [0.1, 0.15) is 40.9 Å². The minimum absolute atomic E-state index is 0.0517. The number of carbonyl (C=O) groups is 1. The van der Waals surface area contributed by atoms with Crippen molar-refractivity contribution in [2.45, 2.75) is 44.3 Å². The molecule has 1 aromatic heterocycles. The van der Waals surface area contributed by atoms with Crippen LogP contribution >= 0.6 is 22.9 Å². The average molecular weight is 498 g/mol. The van der Waals surface area contributed by atoms with E-state index in [4.69, 9.17) is 16.3 Å². The van der Waals surface area contributed by atoms with E-state index in [2.05, 4.69) is 39.4 Å². The predicted octanol–water partition coefficient (Wildman–Crippen LogP) is 5.56. The number of halogens is 1. The Morgan fingerprint density at radius 2 is 1.88 bits per heavy atom. The molecule has 0 bridgehead atoms. The van der Waals surface area contributed by atoms with Gasteiger partial charge >= 0.3 is 0 Å². The molecule has 180 valence electrons. The van der Waals surface area contributed by atoms with Crippen LogP contribution < -0.4 is 10.2 Å². The molecule has 1 saturated heterocycles. The highest BCUT2D eigenvalue weighted by molar-refractivity contribution is 7.21. The quantitative estimate of drug-likeness (QED) is 0.484. The van der Waals surface area contributed by atoms with Gasteiger partial charge in [0, 0.05) is 47.5 Å². The number of fused-ring (bicyclic) bond motifs is 1. The fraction of sp³-hybridized carbons (Fsp3) is 0.444. The second kappa shape index (κ2) is 10.6. The molecule has 1 aliphatic carbocycles. The van der Waals surface area contributed by atoms with E-state index in [1.165, 1.54) is 17.0 Å². The van der Waals surface area contributed by atoms with Crippen LogP contribution in [0.25, 0.3) is 10.1 Å². The maximum absolute atomic E-state index is 14.0. The molecular weight excluding hydrogens is 466 g/mol. The lowest BCUT2D eigenvalue weighted by Crippen LogP contribution is -2.44. The molecule has 2 aliphatic rings. The van der Waals surface area contributed by atoms with E-state index < -0.39 is 0 Å². The molecule has 1 amide bonds. The number of hydrogen-bond acceptors (Lipinski definition) is 5. The molecular formula is C27H32ClN3O2S. The third-order valence-electron chi connectivity index (χ3n) is 7.18. The Hall–Kier alpha value is -2.12. The predicted molar refractivity (Wildman–Crippen MR) is 141 cm³/mol. The van der Waals surface area contributed by atoms with Crippen LogP contribution in [-0.4, -0.2) is 56.2 Å². The van der Waals surface area contributed by atoms with Crippen molar-refractivity contribution < 1.29 is 9.53 Å². The highest BCUT2D eigenvalue weighted by Gasteiger charge is 2.31. The largest absolute Gasteiger partial charge is 0.378 e. The zero-order valence-corrected chi connectivity index (χ0v) is 21.2. The highest BCUT2D eigenvalue weighted by atomic mass is 35.5. The van der Waals surface area contributed by atoms with Gasteiger partial charge in [-0.05, 0) is 56.5 Å². The van der Waals surface area contributed by atoms with Crippen LogP contribution in [0.4, 0.5) is 5.69 Å². The molecule has 1 N–H and O–H groups in total.